The van der Waals surface area contributed by atoms with E-state index in [1.54, 1.807) is 0 Å². The molecule has 2 aromatic heterocycles. The summed E-state index contributed by atoms with van der Waals surface area (Å²) in [6.45, 7) is 1.29. The van der Waals surface area contributed by atoms with Crippen molar-refractivity contribution < 1.29 is 30.0 Å². The maximum absolute atomic E-state index is 11.3. The van der Waals surface area contributed by atoms with E-state index in [4.69, 9.17) is 9.15 Å². The van der Waals surface area contributed by atoms with Gasteiger partial charge in [0.15, 0.2) is 0 Å². The molecule has 0 spiro atoms. The largest absolute Gasteiger partial charge is 1.00 e. The van der Waals surface area contributed by atoms with E-state index in [0.717, 1.165) is 43.7 Å². The van der Waals surface area contributed by atoms with Crippen LogP contribution in [0.1, 0.15) is 11.3 Å². The topological polar surface area (TPSA) is 106 Å². The summed E-state index contributed by atoms with van der Waals surface area (Å²) in [6.07, 6.45) is 2.76. The standard InChI is InChI=1S/C29H27BrN4O4S.ClH/c1-39(35,36)14-13-31-17-23-9-12-27(38-23)21-7-10-26-24(15-21)29(33-19-32-26)34-22-8-11-28(25(30)16-22)37-18-20-5-3-2-4-6-20;/h2-12,15-16,19,31H,13-14,17-18H2,1H3,(H,32,33,34);1H/p-1. The van der Waals surface area contributed by atoms with Crippen LogP contribution in [0.3, 0.4) is 0 Å². The van der Waals surface area contributed by atoms with Gasteiger partial charge < -0.3 is 32.2 Å². The minimum atomic E-state index is -3.00. The van der Waals surface area contributed by atoms with Gasteiger partial charge in [0.25, 0.3) is 0 Å². The number of anilines is 2. The van der Waals surface area contributed by atoms with Crippen LogP contribution in [0, 0.1) is 0 Å². The molecule has 0 saturated carbocycles. The van der Waals surface area contributed by atoms with E-state index in [1.165, 1.54) is 12.6 Å². The summed E-state index contributed by atoms with van der Waals surface area (Å²) in [4.78, 5) is 8.89. The highest BCUT2D eigenvalue weighted by atomic mass is 79.9. The van der Waals surface area contributed by atoms with Crippen molar-refractivity contribution in [2.75, 3.05) is 23.9 Å². The molecular weight excluding hydrogens is 616 g/mol. The second kappa shape index (κ2) is 13.3. The second-order valence-corrected chi connectivity index (χ2v) is 12.2. The molecule has 0 atom stereocenters. The van der Waals surface area contributed by atoms with Crippen molar-refractivity contribution in [3.63, 3.8) is 0 Å². The average Bonchev–Trinajstić information content (AvgIpc) is 3.40. The minimum absolute atomic E-state index is 0. The molecule has 11 heteroatoms. The van der Waals surface area contributed by atoms with Gasteiger partial charge in [0.05, 0.1) is 22.3 Å². The van der Waals surface area contributed by atoms with Gasteiger partial charge in [0.1, 0.15) is 45.9 Å². The third-order valence-corrected chi connectivity index (χ3v) is 7.53. The molecule has 8 nitrogen and oxygen atoms in total. The van der Waals surface area contributed by atoms with Gasteiger partial charge in [-0.05, 0) is 70.0 Å². The van der Waals surface area contributed by atoms with Gasteiger partial charge >= 0.3 is 0 Å². The van der Waals surface area contributed by atoms with E-state index in [2.05, 4.69) is 36.5 Å². The Kier molecular flexibility index (Phi) is 9.80. The number of furan rings is 1. The van der Waals surface area contributed by atoms with Gasteiger partial charge in [-0.3, -0.25) is 0 Å². The van der Waals surface area contributed by atoms with Gasteiger partial charge in [-0.1, -0.05) is 30.3 Å². The average molecular weight is 643 g/mol. The number of halogens is 2. The van der Waals surface area contributed by atoms with E-state index < -0.39 is 9.84 Å². The van der Waals surface area contributed by atoms with Gasteiger partial charge in [0.2, 0.25) is 0 Å². The van der Waals surface area contributed by atoms with Crippen LogP contribution in [0.15, 0.2) is 94.1 Å². The highest BCUT2D eigenvalue weighted by Crippen LogP contribution is 2.33. The number of hydrogen-bond donors (Lipinski definition) is 2. The fraction of sp³-hybridized carbons (Fsp3) is 0.172. The van der Waals surface area contributed by atoms with E-state index in [9.17, 15) is 8.42 Å². The molecule has 0 bridgehead atoms. The molecule has 0 saturated heterocycles. The first kappa shape index (κ1) is 29.5. The summed E-state index contributed by atoms with van der Waals surface area (Å²) in [5.74, 6) is 2.93. The van der Waals surface area contributed by atoms with Crippen LogP contribution in [0.2, 0.25) is 0 Å². The van der Waals surface area contributed by atoms with E-state index >= 15 is 0 Å². The zero-order valence-electron chi connectivity index (χ0n) is 21.6. The van der Waals surface area contributed by atoms with Crippen LogP contribution < -0.4 is 27.8 Å². The van der Waals surface area contributed by atoms with Crippen molar-refractivity contribution in [3.05, 3.63) is 101 Å². The van der Waals surface area contributed by atoms with Crippen LogP contribution in [-0.4, -0.2) is 36.9 Å². The van der Waals surface area contributed by atoms with Crippen molar-refractivity contribution in [3.8, 4) is 17.1 Å². The smallest absolute Gasteiger partial charge is 0.148 e. The Labute approximate surface area is 247 Å². The van der Waals surface area contributed by atoms with Crippen molar-refractivity contribution in [2.24, 2.45) is 0 Å². The lowest BCUT2D eigenvalue weighted by atomic mass is 10.1. The molecule has 0 radical (unpaired) electrons. The van der Waals surface area contributed by atoms with E-state index in [-0.39, 0.29) is 18.2 Å². The van der Waals surface area contributed by atoms with E-state index in [0.29, 0.717) is 31.3 Å². The van der Waals surface area contributed by atoms with Gasteiger partial charge in [-0.2, -0.15) is 0 Å². The normalized spacial score (nSPS) is 11.2. The lowest BCUT2D eigenvalue weighted by molar-refractivity contribution is -0.0000112. The van der Waals surface area contributed by atoms with Crippen LogP contribution >= 0.6 is 15.9 Å². The third kappa shape index (κ3) is 7.82. The SMILES string of the molecule is CS(=O)(=O)CCNCc1ccc(-c2ccc3ncnc(Nc4ccc(OCc5ccccc5)c(Br)c4)c3c2)o1.[Cl-]. The summed E-state index contributed by atoms with van der Waals surface area (Å²) in [7, 11) is -3.00. The van der Waals surface area contributed by atoms with Crippen molar-refractivity contribution in [2.45, 2.75) is 13.2 Å². The summed E-state index contributed by atoms with van der Waals surface area (Å²) in [6, 6.07) is 25.5. The molecule has 5 aromatic rings. The highest BCUT2D eigenvalue weighted by molar-refractivity contribution is 9.10. The van der Waals surface area contributed by atoms with Crippen molar-refractivity contribution >= 4 is 48.2 Å². The summed E-state index contributed by atoms with van der Waals surface area (Å²) in [5, 5.41) is 7.34. The first-order chi connectivity index (χ1) is 18.8. The Morgan fingerprint density at radius 1 is 0.975 bits per heavy atom. The van der Waals surface area contributed by atoms with Crippen molar-refractivity contribution in [1.29, 1.82) is 0 Å². The lowest BCUT2D eigenvalue weighted by Gasteiger charge is -2.12. The quantitative estimate of drug-likeness (QED) is 0.212. The molecule has 0 amide bonds. The van der Waals surface area contributed by atoms with Crippen LogP contribution in [0.4, 0.5) is 11.5 Å². The number of nitrogens with one attached hydrogen (secondary N) is 2. The zero-order chi connectivity index (χ0) is 27.2. The Morgan fingerprint density at radius 2 is 1.80 bits per heavy atom. The number of rotatable bonds is 11. The van der Waals surface area contributed by atoms with Gasteiger partial charge in [-0.25, -0.2) is 18.4 Å². The number of fused-ring (bicyclic) bond motifs is 1. The number of aromatic nitrogens is 2. The summed E-state index contributed by atoms with van der Waals surface area (Å²) < 4.78 is 35.4. The molecule has 5 rings (SSSR count). The summed E-state index contributed by atoms with van der Waals surface area (Å²) >= 11 is 3.62. The van der Waals surface area contributed by atoms with Gasteiger partial charge in [-0.15, -0.1) is 0 Å². The first-order valence-electron chi connectivity index (χ1n) is 12.3. The maximum Gasteiger partial charge on any atom is 0.148 e. The molecule has 3 aromatic carbocycles. The molecule has 0 fully saturated rings. The Bertz CT molecular complexity index is 1700. The monoisotopic (exact) mass is 641 g/mol. The lowest BCUT2D eigenvalue weighted by Crippen LogP contribution is -3.00. The Hall–Kier alpha value is -3.44. The predicted molar refractivity (Wildman–Crippen MR) is 157 cm³/mol. The number of hydrogen-bond acceptors (Lipinski definition) is 8. The number of ether oxygens (including phenoxy) is 1. The number of benzene rings is 3. The Morgan fingerprint density at radius 3 is 2.58 bits per heavy atom. The van der Waals surface area contributed by atoms with E-state index in [1.807, 2.05) is 78.9 Å². The highest BCUT2D eigenvalue weighted by Gasteiger charge is 2.11. The molecule has 0 aliphatic rings. The predicted octanol–water partition coefficient (Wildman–Crippen LogP) is 3.11. The Balaban J connectivity index is 0.00000370. The number of nitrogens with zero attached hydrogens (tertiary/aromatic N) is 2. The first-order valence-corrected chi connectivity index (χ1v) is 15.1. The molecule has 40 heavy (non-hydrogen) atoms. The third-order valence-electron chi connectivity index (χ3n) is 5.96. The van der Waals surface area contributed by atoms with Crippen LogP contribution in [-0.2, 0) is 23.0 Å². The van der Waals surface area contributed by atoms with Crippen molar-refractivity contribution in [1.82, 2.24) is 15.3 Å². The molecule has 0 aliphatic carbocycles. The molecule has 2 N–H and O–H groups in total. The number of sulfone groups is 1. The maximum atomic E-state index is 11.3. The molecule has 2 heterocycles. The van der Waals surface area contributed by atoms with Crippen LogP contribution in [0.5, 0.6) is 5.75 Å². The fourth-order valence-corrected chi connectivity index (χ4v) is 4.98. The minimum Gasteiger partial charge on any atom is -1.00 e. The fourth-order valence-electron chi connectivity index (χ4n) is 3.97. The molecule has 208 valence electrons. The molecular formula is C29H27BrClN4O4S-. The summed E-state index contributed by atoms with van der Waals surface area (Å²) in [5.41, 5.74) is 3.63. The molecule has 0 aliphatic heterocycles. The second-order valence-electron chi connectivity index (χ2n) is 9.07. The zero-order valence-corrected chi connectivity index (χ0v) is 24.8. The van der Waals surface area contributed by atoms with Gasteiger partial charge in [0, 0.05) is 29.4 Å². The van der Waals surface area contributed by atoms with Crippen LogP contribution in [0.25, 0.3) is 22.2 Å². The molecule has 0 unspecified atom stereocenters.